The quantitative estimate of drug-likeness (QED) is 0.0823. The van der Waals surface area contributed by atoms with E-state index in [0.717, 1.165) is 0 Å². The van der Waals surface area contributed by atoms with Gasteiger partial charge in [0.1, 0.15) is 28.6 Å². The van der Waals surface area contributed by atoms with Crippen molar-refractivity contribution in [3.8, 4) is 23.0 Å². The summed E-state index contributed by atoms with van der Waals surface area (Å²) in [7, 11) is 0. The molecule has 0 saturated heterocycles. The second-order valence-corrected chi connectivity index (χ2v) is 11.6. The van der Waals surface area contributed by atoms with Crippen LogP contribution in [0, 0.1) is 0 Å². The van der Waals surface area contributed by atoms with Crippen molar-refractivity contribution in [2.75, 3.05) is 0 Å². The first-order valence-electron chi connectivity index (χ1n) is 14.4. The molecule has 4 rings (SSSR count). The second-order valence-electron chi connectivity index (χ2n) is 11.6. The van der Waals surface area contributed by atoms with E-state index in [1.165, 1.54) is 0 Å². The van der Waals surface area contributed by atoms with Crippen LogP contribution in [0.25, 0.3) is 0 Å². The van der Waals surface area contributed by atoms with Gasteiger partial charge in [-0.05, 0) is 107 Å². The van der Waals surface area contributed by atoms with Gasteiger partial charge in [-0.1, -0.05) is 10.3 Å². The molecule has 13 heteroatoms. The van der Waals surface area contributed by atoms with Crippen molar-refractivity contribution in [3.05, 3.63) is 83.4 Å². The summed E-state index contributed by atoms with van der Waals surface area (Å²) in [4.78, 5) is 25.6. The molecule has 1 saturated carbocycles. The monoisotopic (exact) mass is 618 g/mol. The van der Waals surface area contributed by atoms with Crippen LogP contribution in [0.3, 0.4) is 0 Å². The Morgan fingerprint density at radius 2 is 1.11 bits per heavy atom. The molecule has 13 nitrogen and oxygen atoms in total. The first-order valence-corrected chi connectivity index (χ1v) is 14.4. The molecule has 0 heterocycles. The van der Waals surface area contributed by atoms with Gasteiger partial charge in [0.15, 0.2) is 11.7 Å². The highest BCUT2D eigenvalue weighted by atomic mass is 16.6. The summed E-state index contributed by atoms with van der Waals surface area (Å²) >= 11 is 0. The van der Waals surface area contributed by atoms with Gasteiger partial charge in [0.2, 0.25) is 0 Å². The van der Waals surface area contributed by atoms with Gasteiger partial charge in [-0.2, -0.15) is 0 Å². The standard InChI is InChI=1S/C32H38N6O7/c1-32(2,3)45-31(40)36-23-10-8-22(9-11-23)35-30(39)21-16-26(43-24-12-4-19(5-13-24)28(33)37-41)18-27(17-21)44-25-14-6-20(7-15-25)29(34)38-42/h4-7,12-18,22-23,41-42H,8-11H2,1-3H3,(H2,33,37)(H2,34,38)(H,35,39)(H,36,40). The summed E-state index contributed by atoms with van der Waals surface area (Å²) in [6.45, 7) is 5.45. The Balaban J connectivity index is 1.48. The molecule has 0 radical (unpaired) electrons. The fourth-order valence-electron chi connectivity index (χ4n) is 4.72. The number of benzene rings is 3. The van der Waals surface area contributed by atoms with Gasteiger partial charge < -0.3 is 46.7 Å². The van der Waals surface area contributed by atoms with Crippen LogP contribution in [0.1, 0.15) is 67.9 Å². The van der Waals surface area contributed by atoms with Crippen molar-refractivity contribution >= 4 is 23.7 Å². The fourth-order valence-corrected chi connectivity index (χ4v) is 4.72. The zero-order chi connectivity index (χ0) is 32.6. The summed E-state index contributed by atoms with van der Waals surface area (Å²) in [5.74, 6) is 1.20. The minimum absolute atomic E-state index is 0.0273. The van der Waals surface area contributed by atoms with Crippen LogP contribution in [0.4, 0.5) is 4.79 Å². The molecule has 0 atom stereocenters. The first-order chi connectivity index (χ1) is 21.4. The summed E-state index contributed by atoms with van der Waals surface area (Å²) in [5, 5.41) is 29.8. The lowest BCUT2D eigenvalue weighted by molar-refractivity contribution is 0.0488. The Morgan fingerprint density at radius 1 is 0.689 bits per heavy atom. The molecular weight excluding hydrogens is 580 g/mol. The van der Waals surface area contributed by atoms with Crippen molar-refractivity contribution in [2.45, 2.75) is 64.1 Å². The molecule has 0 aromatic heterocycles. The van der Waals surface area contributed by atoms with Crippen LogP contribution in [0.15, 0.2) is 77.0 Å². The number of nitrogens with two attached hydrogens (primary N) is 2. The third-order valence-corrected chi connectivity index (χ3v) is 6.91. The molecule has 3 aromatic carbocycles. The second kappa shape index (κ2) is 14.3. The van der Waals surface area contributed by atoms with Crippen molar-refractivity contribution < 1.29 is 34.2 Å². The Labute approximate surface area is 260 Å². The molecule has 1 fully saturated rings. The summed E-state index contributed by atoms with van der Waals surface area (Å²) in [5.41, 5.74) is 12.1. The highest BCUT2D eigenvalue weighted by molar-refractivity contribution is 5.97. The largest absolute Gasteiger partial charge is 0.457 e. The van der Waals surface area contributed by atoms with Crippen LogP contribution in [-0.4, -0.2) is 51.8 Å². The highest BCUT2D eigenvalue weighted by Gasteiger charge is 2.26. The van der Waals surface area contributed by atoms with E-state index in [2.05, 4.69) is 20.9 Å². The van der Waals surface area contributed by atoms with Crippen LogP contribution in [-0.2, 0) is 4.74 Å². The average Bonchev–Trinajstić information content (AvgIpc) is 3.01. The van der Waals surface area contributed by atoms with Gasteiger partial charge in [0, 0.05) is 34.8 Å². The SMILES string of the molecule is CC(C)(C)OC(=O)NC1CCC(NC(=O)c2cc(Oc3ccc(/C(N)=N/O)cc3)cc(Oc3ccc(/C(N)=N/O)cc3)c2)CC1. The van der Waals surface area contributed by atoms with E-state index in [0.29, 0.717) is 65.4 Å². The molecule has 0 spiro atoms. The van der Waals surface area contributed by atoms with Crippen LogP contribution in [0.2, 0.25) is 0 Å². The van der Waals surface area contributed by atoms with Gasteiger partial charge in [-0.15, -0.1) is 0 Å². The van der Waals surface area contributed by atoms with E-state index in [-0.39, 0.29) is 29.7 Å². The van der Waals surface area contributed by atoms with Gasteiger partial charge in [-0.3, -0.25) is 4.79 Å². The van der Waals surface area contributed by atoms with E-state index in [9.17, 15) is 9.59 Å². The minimum Gasteiger partial charge on any atom is -0.457 e. The third kappa shape index (κ3) is 9.51. The fraction of sp³-hybridized carbons (Fsp3) is 0.312. The number of nitrogens with zero attached hydrogens (tertiary/aromatic N) is 2. The lowest BCUT2D eigenvalue weighted by Gasteiger charge is -2.30. The molecule has 0 bridgehead atoms. The number of alkyl carbamates (subject to hydrolysis) is 1. The number of oxime groups is 2. The Hall–Kier alpha value is -5.46. The minimum atomic E-state index is -0.575. The topological polar surface area (TPSA) is 203 Å². The van der Waals surface area contributed by atoms with Crippen LogP contribution >= 0.6 is 0 Å². The number of ether oxygens (including phenoxy) is 3. The van der Waals surface area contributed by atoms with Gasteiger partial charge in [0.25, 0.3) is 5.91 Å². The number of amides is 2. The Morgan fingerprint density at radius 3 is 1.51 bits per heavy atom. The predicted octanol–water partition coefficient (Wildman–Crippen LogP) is 5.03. The summed E-state index contributed by atoms with van der Waals surface area (Å²) in [6.07, 6.45) is 2.32. The predicted molar refractivity (Wildman–Crippen MR) is 167 cm³/mol. The molecule has 0 aliphatic heterocycles. The Bertz CT molecular complexity index is 1460. The van der Waals surface area contributed by atoms with E-state index < -0.39 is 11.7 Å². The zero-order valence-corrected chi connectivity index (χ0v) is 25.3. The number of amidine groups is 2. The molecule has 0 unspecified atom stereocenters. The summed E-state index contributed by atoms with van der Waals surface area (Å²) in [6, 6.07) is 17.9. The summed E-state index contributed by atoms with van der Waals surface area (Å²) < 4.78 is 17.4. The van der Waals surface area contributed by atoms with Crippen molar-refractivity contribution in [1.29, 1.82) is 0 Å². The number of nitrogens with one attached hydrogen (secondary N) is 2. The number of hydrogen-bond acceptors (Lipinski definition) is 9. The van der Waals surface area contributed by atoms with Gasteiger partial charge in [0.05, 0.1) is 0 Å². The first kappa shape index (κ1) is 32.5. The van der Waals surface area contributed by atoms with Crippen molar-refractivity contribution in [1.82, 2.24) is 10.6 Å². The average molecular weight is 619 g/mol. The zero-order valence-electron chi connectivity index (χ0n) is 25.3. The molecule has 45 heavy (non-hydrogen) atoms. The molecule has 3 aromatic rings. The maximum absolute atomic E-state index is 13.4. The maximum Gasteiger partial charge on any atom is 0.407 e. The molecule has 1 aliphatic carbocycles. The third-order valence-electron chi connectivity index (χ3n) is 6.91. The molecule has 8 N–H and O–H groups in total. The highest BCUT2D eigenvalue weighted by Crippen LogP contribution is 2.31. The molecule has 2 amide bonds. The Kier molecular flexibility index (Phi) is 10.3. The molecule has 1 aliphatic rings. The van der Waals surface area contributed by atoms with Crippen LogP contribution < -0.4 is 31.6 Å². The number of rotatable bonds is 9. The van der Waals surface area contributed by atoms with E-state index >= 15 is 0 Å². The van der Waals surface area contributed by atoms with E-state index in [4.69, 9.17) is 36.1 Å². The number of carbonyl (C=O) groups is 2. The lowest BCUT2D eigenvalue weighted by atomic mass is 9.91. The smallest absolute Gasteiger partial charge is 0.407 e. The number of hydrogen-bond donors (Lipinski definition) is 6. The van der Waals surface area contributed by atoms with Gasteiger partial charge >= 0.3 is 6.09 Å². The van der Waals surface area contributed by atoms with Crippen molar-refractivity contribution in [3.63, 3.8) is 0 Å². The number of carbonyl (C=O) groups excluding carboxylic acids is 2. The molecular formula is C32H38N6O7. The maximum atomic E-state index is 13.4. The van der Waals surface area contributed by atoms with E-state index in [1.807, 2.05) is 20.8 Å². The van der Waals surface area contributed by atoms with E-state index in [1.54, 1.807) is 66.7 Å². The van der Waals surface area contributed by atoms with Gasteiger partial charge in [-0.25, -0.2) is 4.79 Å². The lowest BCUT2D eigenvalue weighted by Crippen LogP contribution is -2.45. The van der Waals surface area contributed by atoms with Crippen molar-refractivity contribution in [2.24, 2.45) is 21.8 Å². The molecule has 238 valence electrons. The normalized spacial score (nSPS) is 17.2. The van der Waals surface area contributed by atoms with Crippen LogP contribution in [0.5, 0.6) is 23.0 Å².